The lowest BCUT2D eigenvalue weighted by molar-refractivity contribution is -0.215. The first-order chi connectivity index (χ1) is 20.3. The van der Waals surface area contributed by atoms with Crippen LogP contribution >= 0.6 is 0 Å². The molecule has 0 heterocycles. The third-order valence-corrected chi connectivity index (χ3v) is 10.4. The summed E-state index contributed by atoms with van der Waals surface area (Å²) in [5.41, 5.74) is -3.56. The molecule has 1 fully saturated rings. The zero-order chi connectivity index (χ0) is 32.0. The number of carbonyl (C=O) groups is 2. The van der Waals surface area contributed by atoms with Crippen molar-refractivity contribution in [2.45, 2.75) is 155 Å². The summed E-state index contributed by atoms with van der Waals surface area (Å²) < 4.78 is 11.8. The molecule has 1 spiro atoms. The maximum Gasteiger partial charge on any atom is 0.306 e. The number of unbranched alkanes of at least 4 members (excludes halogenated alkanes) is 8. The molecule has 4 N–H and O–H groups in total. The van der Waals surface area contributed by atoms with E-state index in [1.807, 2.05) is 27.7 Å². The van der Waals surface area contributed by atoms with Crippen molar-refractivity contribution in [1.29, 1.82) is 0 Å². The molecule has 8 nitrogen and oxygen atoms in total. The maximum atomic E-state index is 13.2. The number of carbonyl (C=O) groups excluding carboxylic acids is 2. The van der Waals surface area contributed by atoms with Gasteiger partial charge in [-0.1, -0.05) is 98.1 Å². The van der Waals surface area contributed by atoms with E-state index in [-0.39, 0.29) is 31.0 Å². The number of aliphatic hydroxyl groups is 4. The highest BCUT2D eigenvalue weighted by Crippen LogP contribution is 2.62. The zero-order valence-corrected chi connectivity index (χ0v) is 27.4. The topological polar surface area (TPSA) is 134 Å². The monoisotopic (exact) mass is 606 g/mol. The van der Waals surface area contributed by atoms with E-state index in [1.165, 1.54) is 19.3 Å². The molecule has 3 aliphatic rings. The summed E-state index contributed by atoms with van der Waals surface area (Å²) in [5, 5.41) is 47.6. The van der Waals surface area contributed by atoms with Gasteiger partial charge in [-0.3, -0.25) is 9.59 Å². The number of hydrogen-bond acceptors (Lipinski definition) is 8. The van der Waals surface area contributed by atoms with Crippen LogP contribution in [0.2, 0.25) is 0 Å². The molecule has 0 aromatic rings. The first-order valence-corrected chi connectivity index (χ1v) is 16.8. The number of hydrogen-bond donors (Lipinski definition) is 4. The van der Waals surface area contributed by atoms with Gasteiger partial charge in [0.25, 0.3) is 0 Å². The Balaban J connectivity index is 1.93. The van der Waals surface area contributed by atoms with Crippen molar-refractivity contribution in [3.8, 4) is 0 Å². The van der Waals surface area contributed by atoms with Crippen LogP contribution < -0.4 is 0 Å². The van der Waals surface area contributed by atoms with Crippen molar-refractivity contribution in [3.63, 3.8) is 0 Å². The summed E-state index contributed by atoms with van der Waals surface area (Å²) >= 11 is 0. The van der Waals surface area contributed by atoms with Crippen LogP contribution in [-0.2, 0) is 19.1 Å². The second-order valence-electron chi connectivity index (χ2n) is 14.2. The van der Waals surface area contributed by atoms with E-state index in [9.17, 15) is 30.0 Å². The number of rotatable bonds is 15. The van der Waals surface area contributed by atoms with Crippen LogP contribution in [0.25, 0.3) is 0 Å². The fourth-order valence-corrected chi connectivity index (χ4v) is 8.12. The minimum absolute atomic E-state index is 0.192. The van der Waals surface area contributed by atoms with Crippen molar-refractivity contribution in [2.75, 3.05) is 6.61 Å². The maximum absolute atomic E-state index is 13.2. The summed E-state index contributed by atoms with van der Waals surface area (Å²) in [6.07, 6.45) is 9.32. The van der Waals surface area contributed by atoms with Crippen LogP contribution in [0, 0.1) is 22.7 Å². The van der Waals surface area contributed by atoms with Gasteiger partial charge < -0.3 is 29.9 Å². The van der Waals surface area contributed by atoms with Gasteiger partial charge in [0.15, 0.2) is 0 Å². The SMILES string of the molecule is CCCCCCCCCC(=O)O[C@@H]1[C@@H]2C=C(COC(=O)CCCCC)[C@@H](O)[C@]3(O)[C@@H](O)C(C)=C[C@@]3(C2O)[C@H](C)CC1(C)C. The van der Waals surface area contributed by atoms with Gasteiger partial charge in [-0.25, -0.2) is 0 Å². The van der Waals surface area contributed by atoms with E-state index in [2.05, 4.69) is 6.92 Å². The van der Waals surface area contributed by atoms with Crippen LogP contribution in [-0.4, -0.2) is 69.0 Å². The summed E-state index contributed by atoms with van der Waals surface area (Å²) in [4.78, 5) is 25.7. The Labute approximate surface area is 258 Å². The largest absolute Gasteiger partial charge is 0.461 e. The molecule has 0 saturated heterocycles. The standard InChI is InChI=1S/C35H58O8/c1-7-9-11-12-13-14-16-18-28(37)43-32-26-19-25(22-42-27(36)17-15-10-8-2)30(39)35(41)29(38)23(3)20-34(35,31(26)40)24(4)21-33(32,5)6/h19-20,24,26,29-32,38-41H,7-18,21-22H2,1-6H3/t24-,26-,29+,30-,31?,32-,34+,35-/m1/s1. The predicted molar refractivity (Wildman–Crippen MR) is 166 cm³/mol. The lowest BCUT2D eigenvalue weighted by Crippen LogP contribution is -2.66. The minimum Gasteiger partial charge on any atom is -0.461 e. The van der Waals surface area contributed by atoms with Crippen LogP contribution in [0.5, 0.6) is 0 Å². The number of ether oxygens (including phenoxy) is 2. The molecule has 43 heavy (non-hydrogen) atoms. The summed E-state index contributed by atoms with van der Waals surface area (Å²) in [6, 6.07) is 0. The number of fused-ring (bicyclic) bond motifs is 1. The van der Waals surface area contributed by atoms with Gasteiger partial charge in [-0.15, -0.1) is 0 Å². The van der Waals surface area contributed by atoms with Gasteiger partial charge in [0, 0.05) is 24.2 Å². The Morgan fingerprint density at radius 1 is 0.884 bits per heavy atom. The quantitative estimate of drug-likeness (QED) is 0.108. The number of esters is 2. The smallest absolute Gasteiger partial charge is 0.306 e. The predicted octanol–water partition coefficient (Wildman–Crippen LogP) is 5.54. The number of aliphatic hydroxyl groups excluding tert-OH is 3. The minimum atomic E-state index is -2.17. The van der Waals surface area contributed by atoms with Crippen LogP contribution in [0.3, 0.4) is 0 Å². The molecule has 3 aliphatic carbocycles. The Bertz CT molecular complexity index is 1020. The van der Waals surface area contributed by atoms with E-state index in [1.54, 1.807) is 19.1 Å². The van der Waals surface area contributed by atoms with Crippen LogP contribution in [0.1, 0.15) is 125 Å². The van der Waals surface area contributed by atoms with Gasteiger partial charge in [0.05, 0.1) is 11.5 Å². The van der Waals surface area contributed by atoms with Gasteiger partial charge in [-0.05, 0) is 43.3 Å². The molecule has 8 heteroatoms. The van der Waals surface area contributed by atoms with Crippen molar-refractivity contribution in [3.05, 3.63) is 23.3 Å². The summed E-state index contributed by atoms with van der Waals surface area (Å²) in [6.45, 7) is 11.5. The normalized spacial score (nSPS) is 34.8. The molecule has 0 aliphatic heterocycles. The summed E-state index contributed by atoms with van der Waals surface area (Å²) in [5.74, 6) is -1.97. The lowest BCUT2D eigenvalue weighted by Gasteiger charge is -2.51. The van der Waals surface area contributed by atoms with Crippen LogP contribution in [0.15, 0.2) is 23.3 Å². The average Bonchev–Trinajstić information content (AvgIpc) is 3.10. The molecule has 2 bridgehead atoms. The molecule has 0 aromatic heterocycles. The van der Waals surface area contributed by atoms with Crippen molar-refractivity contribution >= 4 is 11.9 Å². The Morgan fingerprint density at radius 3 is 2.09 bits per heavy atom. The first-order valence-electron chi connectivity index (χ1n) is 16.8. The molecule has 0 aromatic carbocycles. The lowest BCUT2D eigenvalue weighted by atomic mass is 9.58. The molecule has 3 rings (SSSR count). The van der Waals surface area contributed by atoms with E-state index in [0.29, 0.717) is 18.4 Å². The van der Waals surface area contributed by atoms with Gasteiger partial charge in [0.1, 0.15) is 30.5 Å². The van der Waals surface area contributed by atoms with Gasteiger partial charge in [0.2, 0.25) is 0 Å². The molecular weight excluding hydrogens is 548 g/mol. The van der Waals surface area contributed by atoms with E-state index in [4.69, 9.17) is 9.47 Å². The van der Waals surface area contributed by atoms with Crippen molar-refractivity contribution in [2.24, 2.45) is 22.7 Å². The van der Waals surface area contributed by atoms with Gasteiger partial charge in [-0.2, -0.15) is 0 Å². The first kappa shape index (κ1) is 35.7. The van der Waals surface area contributed by atoms with E-state index < -0.39 is 58.7 Å². The molecule has 1 unspecified atom stereocenters. The summed E-state index contributed by atoms with van der Waals surface area (Å²) in [7, 11) is 0. The van der Waals surface area contributed by atoms with E-state index >= 15 is 0 Å². The highest BCUT2D eigenvalue weighted by atomic mass is 16.5. The second-order valence-corrected chi connectivity index (χ2v) is 14.2. The Morgan fingerprint density at radius 2 is 1.44 bits per heavy atom. The van der Waals surface area contributed by atoms with E-state index in [0.717, 1.165) is 38.5 Å². The third-order valence-electron chi connectivity index (χ3n) is 10.4. The molecule has 8 atom stereocenters. The highest BCUT2D eigenvalue weighted by Gasteiger charge is 2.72. The van der Waals surface area contributed by atoms with Crippen molar-refractivity contribution in [1.82, 2.24) is 0 Å². The molecule has 246 valence electrons. The second kappa shape index (κ2) is 15.0. The zero-order valence-electron chi connectivity index (χ0n) is 27.4. The van der Waals surface area contributed by atoms with Crippen LogP contribution in [0.4, 0.5) is 0 Å². The highest BCUT2D eigenvalue weighted by molar-refractivity contribution is 5.70. The van der Waals surface area contributed by atoms with Crippen molar-refractivity contribution < 1.29 is 39.5 Å². The molecule has 1 saturated carbocycles. The molecule has 0 radical (unpaired) electrons. The Hall–Kier alpha value is -1.74. The fourth-order valence-electron chi connectivity index (χ4n) is 8.12. The molecular formula is C35H58O8. The third kappa shape index (κ3) is 7.23. The average molecular weight is 607 g/mol. The molecule has 0 amide bonds. The fraction of sp³-hybridized carbons (Fsp3) is 0.829. The Kier molecular flexibility index (Phi) is 12.5. The van der Waals surface area contributed by atoms with Gasteiger partial charge >= 0.3 is 11.9 Å².